The van der Waals surface area contributed by atoms with E-state index in [1.54, 1.807) is 0 Å². The Bertz CT molecular complexity index is 484. The summed E-state index contributed by atoms with van der Waals surface area (Å²) in [5, 5.41) is 0. The second kappa shape index (κ2) is 5.56. The summed E-state index contributed by atoms with van der Waals surface area (Å²) < 4.78 is 12.2. The van der Waals surface area contributed by atoms with Crippen molar-refractivity contribution in [3.05, 3.63) is 29.8 Å². The molecule has 0 aromatic heterocycles. The van der Waals surface area contributed by atoms with E-state index < -0.39 is 0 Å². The topological polar surface area (TPSA) is 18.5 Å². The van der Waals surface area contributed by atoms with Gasteiger partial charge in [0, 0.05) is 12.5 Å². The Kier molecular flexibility index (Phi) is 3.68. The Balaban J connectivity index is 1.53. The lowest BCUT2D eigenvalue weighted by Gasteiger charge is -2.58. The number of hydrogen-bond acceptors (Lipinski definition) is 2. The molecule has 0 spiro atoms. The Morgan fingerprint density at radius 2 is 1.55 bits per heavy atom. The van der Waals surface area contributed by atoms with Gasteiger partial charge in [0.05, 0.1) is 0 Å². The standard InChI is InChI=1S/C20H28O2/c1-3-14-4-6-18(7-5-14)22-19(21-2)20-11-15-8-16(12-20)10-17(9-15)13-20/h4-7,15-17,19H,3,8-13H2,1-2H3. The predicted octanol–water partition coefficient (Wildman–Crippen LogP) is 4.82. The van der Waals surface area contributed by atoms with Crippen LogP contribution in [0.1, 0.15) is 51.0 Å². The lowest BCUT2D eigenvalue weighted by Crippen LogP contribution is -2.53. The third kappa shape index (κ3) is 2.46. The molecule has 4 bridgehead atoms. The fraction of sp³-hybridized carbons (Fsp3) is 0.700. The van der Waals surface area contributed by atoms with Crippen molar-refractivity contribution in [2.24, 2.45) is 23.2 Å². The number of methoxy groups -OCH3 is 1. The molecule has 4 aliphatic carbocycles. The minimum atomic E-state index is -0.0756. The van der Waals surface area contributed by atoms with E-state index in [4.69, 9.17) is 9.47 Å². The smallest absolute Gasteiger partial charge is 0.205 e. The van der Waals surface area contributed by atoms with Crippen LogP contribution >= 0.6 is 0 Å². The molecule has 0 heterocycles. The number of aryl methyl sites for hydroxylation is 1. The number of hydrogen-bond donors (Lipinski definition) is 0. The summed E-state index contributed by atoms with van der Waals surface area (Å²) in [5.41, 5.74) is 1.63. The summed E-state index contributed by atoms with van der Waals surface area (Å²) in [6.45, 7) is 2.18. The molecule has 4 saturated carbocycles. The van der Waals surface area contributed by atoms with Gasteiger partial charge < -0.3 is 9.47 Å². The molecule has 4 fully saturated rings. The first kappa shape index (κ1) is 14.6. The van der Waals surface area contributed by atoms with Gasteiger partial charge in [-0.1, -0.05) is 19.1 Å². The van der Waals surface area contributed by atoms with Crippen LogP contribution in [0.15, 0.2) is 24.3 Å². The Hall–Kier alpha value is -1.02. The van der Waals surface area contributed by atoms with Gasteiger partial charge in [-0.25, -0.2) is 0 Å². The normalized spacial score (nSPS) is 37.3. The van der Waals surface area contributed by atoms with Gasteiger partial charge in [-0.15, -0.1) is 0 Å². The average Bonchev–Trinajstić information content (AvgIpc) is 2.51. The summed E-state index contributed by atoms with van der Waals surface area (Å²) in [5.74, 6) is 3.74. The van der Waals surface area contributed by atoms with Crippen molar-refractivity contribution in [1.29, 1.82) is 0 Å². The molecule has 2 nitrogen and oxygen atoms in total. The molecule has 1 aromatic rings. The lowest BCUT2D eigenvalue weighted by molar-refractivity contribution is -0.204. The van der Waals surface area contributed by atoms with Crippen molar-refractivity contribution >= 4 is 0 Å². The van der Waals surface area contributed by atoms with Crippen molar-refractivity contribution in [2.75, 3.05) is 7.11 Å². The summed E-state index contributed by atoms with van der Waals surface area (Å²) in [7, 11) is 1.82. The molecule has 120 valence electrons. The molecule has 5 rings (SSSR count). The molecule has 0 N–H and O–H groups in total. The van der Waals surface area contributed by atoms with Crippen LogP contribution in [0.4, 0.5) is 0 Å². The Morgan fingerprint density at radius 3 is 2.00 bits per heavy atom. The first-order chi connectivity index (χ1) is 10.7. The van der Waals surface area contributed by atoms with E-state index >= 15 is 0 Å². The number of benzene rings is 1. The first-order valence-corrected chi connectivity index (χ1v) is 8.99. The van der Waals surface area contributed by atoms with E-state index in [-0.39, 0.29) is 11.7 Å². The highest BCUT2D eigenvalue weighted by atomic mass is 16.7. The zero-order valence-corrected chi connectivity index (χ0v) is 13.9. The summed E-state index contributed by atoms with van der Waals surface area (Å²) >= 11 is 0. The molecule has 1 atom stereocenters. The van der Waals surface area contributed by atoms with Gasteiger partial charge in [-0.2, -0.15) is 0 Å². The summed E-state index contributed by atoms with van der Waals surface area (Å²) in [4.78, 5) is 0. The molecule has 0 radical (unpaired) electrons. The highest BCUT2D eigenvalue weighted by molar-refractivity contribution is 5.27. The highest BCUT2D eigenvalue weighted by Crippen LogP contribution is 2.61. The van der Waals surface area contributed by atoms with Gasteiger partial charge >= 0.3 is 0 Å². The van der Waals surface area contributed by atoms with Gasteiger partial charge in [0.25, 0.3) is 0 Å². The molecule has 0 aliphatic heterocycles. The van der Waals surface area contributed by atoms with Crippen molar-refractivity contribution in [3.8, 4) is 5.75 Å². The third-order valence-electron chi connectivity index (χ3n) is 6.37. The number of rotatable bonds is 5. The first-order valence-electron chi connectivity index (χ1n) is 8.99. The zero-order valence-electron chi connectivity index (χ0n) is 13.9. The van der Waals surface area contributed by atoms with Crippen molar-refractivity contribution in [1.82, 2.24) is 0 Å². The minimum Gasteiger partial charge on any atom is -0.464 e. The highest BCUT2D eigenvalue weighted by Gasteiger charge is 2.55. The van der Waals surface area contributed by atoms with E-state index in [0.717, 1.165) is 29.9 Å². The predicted molar refractivity (Wildman–Crippen MR) is 87.9 cm³/mol. The minimum absolute atomic E-state index is 0.0756. The Labute approximate surface area is 134 Å². The van der Waals surface area contributed by atoms with Gasteiger partial charge in [-0.3, -0.25) is 0 Å². The molecular weight excluding hydrogens is 272 g/mol. The van der Waals surface area contributed by atoms with E-state index in [0.29, 0.717) is 0 Å². The molecule has 1 aromatic carbocycles. The molecule has 2 heteroatoms. The fourth-order valence-electron chi connectivity index (χ4n) is 5.82. The molecule has 22 heavy (non-hydrogen) atoms. The molecular formula is C20H28O2. The molecule has 4 aliphatic rings. The van der Waals surface area contributed by atoms with Gasteiger partial charge in [0.15, 0.2) is 0 Å². The summed E-state index contributed by atoms with van der Waals surface area (Å²) in [6.07, 6.45) is 9.30. The van der Waals surface area contributed by atoms with Crippen LogP contribution in [0, 0.1) is 23.2 Å². The monoisotopic (exact) mass is 300 g/mol. The molecule has 0 amide bonds. The zero-order chi connectivity index (χ0) is 15.2. The quantitative estimate of drug-likeness (QED) is 0.726. The maximum atomic E-state index is 6.33. The Morgan fingerprint density at radius 1 is 1.00 bits per heavy atom. The van der Waals surface area contributed by atoms with Crippen LogP contribution in [0.3, 0.4) is 0 Å². The van der Waals surface area contributed by atoms with Crippen molar-refractivity contribution < 1.29 is 9.47 Å². The van der Waals surface area contributed by atoms with E-state index in [2.05, 4.69) is 31.2 Å². The van der Waals surface area contributed by atoms with Crippen LogP contribution in [-0.4, -0.2) is 13.4 Å². The largest absolute Gasteiger partial charge is 0.464 e. The second-order valence-corrected chi connectivity index (χ2v) is 7.96. The van der Waals surface area contributed by atoms with E-state index in [9.17, 15) is 0 Å². The van der Waals surface area contributed by atoms with Gasteiger partial charge in [0.2, 0.25) is 6.29 Å². The van der Waals surface area contributed by atoms with Crippen molar-refractivity contribution in [2.45, 2.75) is 58.2 Å². The maximum Gasteiger partial charge on any atom is 0.205 e. The van der Waals surface area contributed by atoms with Crippen LogP contribution in [0.2, 0.25) is 0 Å². The maximum absolute atomic E-state index is 6.33. The molecule has 1 unspecified atom stereocenters. The van der Waals surface area contributed by atoms with Crippen molar-refractivity contribution in [3.63, 3.8) is 0 Å². The lowest BCUT2D eigenvalue weighted by atomic mass is 9.49. The van der Waals surface area contributed by atoms with E-state index in [1.165, 1.54) is 44.1 Å². The van der Waals surface area contributed by atoms with Crippen LogP contribution in [0.5, 0.6) is 5.75 Å². The van der Waals surface area contributed by atoms with Crippen LogP contribution in [0.25, 0.3) is 0 Å². The fourth-order valence-corrected chi connectivity index (χ4v) is 5.82. The summed E-state index contributed by atoms with van der Waals surface area (Å²) in [6, 6.07) is 8.54. The van der Waals surface area contributed by atoms with Gasteiger partial charge in [-0.05, 0) is 80.4 Å². The number of ether oxygens (including phenoxy) is 2. The third-order valence-corrected chi connectivity index (χ3v) is 6.37. The molecule has 0 saturated heterocycles. The van der Waals surface area contributed by atoms with Gasteiger partial charge in [0.1, 0.15) is 5.75 Å². The second-order valence-electron chi connectivity index (χ2n) is 7.96. The van der Waals surface area contributed by atoms with Crippen LogP contribution in [-0.2, 0) is 11.2 Å². The average molecular weight is 300 g/mol. The SMILES string of the molecule is CCc1ccc(OC(OC)C23CC4CC(CC(C4)C2)C3)cc1. The van der Waals surface area contributed by atoms with E-state index in [1.807, 2.05) is 7.11 Å². The van der Waals surface area contributed by atoms with Crippen LogP contribution < -0.4 is 4.74 Å².